The summed E-state index contributed by atoms with van der Waals surface area (Å²) in [5.41, 5.74) is -0.451. The van der Waals surface area contributed by atoms with Crippen LogP contribution in [0.15, 0.2) is 0 Å². The molecule has 98 valence electrons. The number of alkyl halides is 1. The number of carbonyl (C=O) groups is 1. The van der Waals surface area contributed by atoms with Crippen LogP contribution in [-0.2, 0) is 4.74 Å². The van der Waals surface area contributed by atoms with Crippen LogP contribution in [0.3, 0.4) is 0 Å². The lowest BCUT2D eigenvalue weighted by atomic mass is 9.71. The molecule has 3 rings (SSSR count). The quantitative estimate of drug-likeness (QED) is 0.794. The molecule has 2 heterocycles. The van der Waals surface area contributed by atoms with E-state index in [9.17, 15) is 9.90 Å². The number of ether oxygens (including phenoxy) is 1. The highest BCUT2D eigenvalue weighted by molar-refractivity contribution is 9.09. The zero-order valence-corrected chi connectivity index (χ0v) is 12.1. The van der Waals surface area contributed by atoms with Gasteiger partial charge in [0.05, 0.1) is 6.10 Å². The molecule has 0 aromatic carbocycles. The van der Waals surface area contributed by atoms with Crippen LogP contribution in [0.1, 0.15) is 27.2 Å². The second-order valence-electron chi connectivity index (χ2n) is 5.99. The minimum Gasteiger partial charge on any atom is -0.444 e. The summed E-state index contributed by atoms with van der Waals surface area (Å²) in [5, 5.41) is 10.4. The van der Waals surface area contributed by atoms with E-state index in [2.05, 4.69) is 15.9 Å². The van der Waals surface area contributed by atoms with Crippen molar-refractivity contribution in [3.05, 3.63) is 0 Å². The molecule has 2 saturated heterocycles. The standard InChI is InChI=1S/C12H20BrNO3/c1-12(2,3)17-11(16)14-6-7-4-8(14)10(7)9(15)5-13/h7-10,15H,4-6H2,1-3H3/t7-,8-,9?,10?/m0/s1. The van der Waals surface area contributed by atoms with Gasteiger partial charge in [0.25, 0.3) is 0 Å². The molecule has 1 N–H and O–H groups in total. The van der Waals surface area contributed by atoms with E-state index in [0.29, 0.717) is 11.2 Å². The summed E-state index contributed by atoms with van der Waals surface area (Å²) in [6, 6.07) is 0.169. The Morgan fingerprint density at radius 2 is 2.24 bits per heavy atom. The second kappa shape index (κ2) is 4.43. The molecule has 2 aliphatic heterocycles. The van der Waals surface area contributed by atoms with E-state index in [-0.39, 0.29) is 24.2 Å². The van der Waals surface area contributed by atoms with Crippen molar-refractivity contribution in [2.75, 3.05) is 11.9 Å². The molecular weight excluding hydrogens is 286 g/mol. The normalized spacial score (nSPS) is 33.2. The van der Waals surface area contributed by atoms with Gasteiger partial charge < -0.3 is 14.7 Å². The molecule has 17 heavy (non-hydrogen) atoms. The first-order valence-electron chi connectivity index (χ1n) is 6.07. The highest BCUT2D eigenvalue weighted by Crippen LogP contribution is 2.48. The van der Waals surface area contributed by atoms with Crippen LogP contribution >= 0.6 is 15.9 Å². The lowest BCUT2D eigenvalue weighted by Crippen LogP contribution is -2.48. The Bertz CT molecular complexity index is 315. The molecule has 1 aliphatic carbocycles. The first kappa shape index (κ1) is 13.1. The van der Waals surface area contributed by atoms with E-state index >= 15 is 0 Å². The highest BCUT2D eigenvalue weighted by atomic mass is 79.9. The third-order valence-electron chi connectivity index (χ3n) is 3.59. The summed E-state index contributed by atoms with van der Waals surface area (Å²) < 4.78 is 5.37. The SMILES string of the molecule is CC(C)(C)OC(=O)N1C[C@@H]2C[C@H]1C2C(O)CBr. The molecule has 0 radical (unpaired) electrons. The molecule has 4 atom stereocenters. The van der Waals surface area contributed by atoms with Gasteiger partial charge >= 0.3 is 6.09 Å². The van der Waals surface area contributed by atoms with Gasteiger partial charge in [0.1, 0.15) is 5.60 Å². The maximum atomic E-state index is 12.0. The summed E-state index contributed by atoms with van der Waals surface area (Å²) in [7, 11) is 0. The summed E-state index contributed by atoms with van der Waals surface area (Å²) >= 11 is 3.29. The van der Waals surface area contributed by atoms with Crippen LogP contribution in [0.5, 0.6) is 0 Å². The molecule has 2 bridgehead atoms. The Hall–Kier alpha value is -0.290. The van der Waals surface area contributed by atoms with Crippen LogP contribution in [0, 0.1) is 11.8 Å². The highest BCUT2D eigenvalue weighted by Gasteiger charge is 2.56. The van der Waals surface area contributed by atoms with Crippen molar-refractivity contribution in [3.63, 3.8) is 0 Å². The molecule has 4 nitrogen and oxygen atoms in total. The smallest absolute Gasteiger partial charge is 0.410 e. The maximum absolute atomic E-state index is 12.0. The number of aliphatic hydroxyl groups excluding tert-OH is 1. The van der Waals surface area contributed by atoms with Crippen molar-refractivity contribution in [3.8, 4) is 0 Å². The van der Waals surface area contributed by atoms with E-state index in [1.165, 1.54) is 0 Å². The van der Waals surface area contributed by atoms with Crippen LogP contribution in [0.2, 0.25) is 0 Å². The second-order valence-corrected chi connectivity index (χ2v) is 6.64. The molecule has 3 aliphatic rings. The van der Waals surface area contributed by atoms with Crippen LogP contribution in [0.25, 0.3) is 0 Å². The fourth-order valence-corrected chi connectivity index (χ4v) is 3.30. The Labute approximate surface area is 110 Å². The third-order valence-corrected chi connectivity index (χ3v) is 4.26. The van der Waals surface area contributed by atoms with Gasteiger partial charge in [0.2, 0.25) is 0 Å². The van der Waals surface area contributed by atoms with Gasteiger partial charge in [-0.2, -0.15) is 0 Å². The first-order chi connectivity index (χ1) is 7.83. The number of carbonyl (C=O) groups excluding carboxylic acids is 1. The van der Waals surface area contributed by atoms with Gasteiger partial charge in [-0.05, 0) is 33.1 Å². The number of nitrogens with zero attached hydrogens (tertiary/aromatic N) is 1. The molecule has 1 saturated carbocycles. The predicted octanol–water partition coefficient (Wildman–Crippen LogP) is 2.00. The zero-order valence-electron chi connectivity index (χ0n) is 10.5. The summed E-state index contributed by atoms with van der Waals surface area (Å²) in [6.45, 7) is 6.34. The van der Waals surface area contributed by atoms with Crippen molar-refractivity contribution >= 4 is 22.0 Å². The topological polar surface area (TPSA) is 49.8 Å². The minimum absolute atomic E-state index is 0.169. The maximum Gasteiger partial charge on any atom is 0.410 e. The number of halogens is 1. The molecule has 0 aromatic rings. The average Bonchev–Trinajstić information content (AvgIpc) is 2.71. The number of hydrogen-bond donors (Lipinski definition) is 1. The van der Waals surface area contributed by atoms with E-state index in [1.807, 2.05) is 20.8 Å². The first-order valence-corrected chi connectivity index (χ1v) is 7.19. The van der Waals surface area contributed by atoms with Crippen molar-refractivity contribution in [2.45, 2.75) is 44.9 Å². The summed E-state index contributed by atoms with van der Waals surface area (Å²) in [6.07, 6.45) is 0.411. The molecular formula is C12H20BrNO3. The molecule has 1 amide bonds. The van der Waals surface area contributed by atoms with Crippen molar-refractivity contribution in [1.29, 1.82) is 0 Å². The Morgan fingerprint density at radius 3 is 2.76 bits per heavy atom. The molecule has 2 unspecified atom stereocenters. The lowest BCUT2D eigenvalue weighted by molar-refractivity contribution is 0.00244. The van der Waals surface area contributed by atoms with Gasteiger partial charge in [-0.15, -0.1) is 0 Å². The Morgan fingerprint density at radius 1 is 1.59 bits per heavy atom. The van der Waals surface area contributed by atoms with Crippen molar-refractivity contribution < 1.29 is 14.6 Å². The number of aliphatic hydroxyl groups is 1. The minimum atomic E-state index is -0.451. The van der Waals surface area contributed by atoms with Gasteiger partial charge in [0.15, 0.2) is 0 Å². The van der Waals surface area contributed by atoms with Crippen LogP contribution in [0.4, 0.5) is 4.79 Å². The average molecular weight is 306 g/mol. The number of hydrogen-bond acceptors (Lipinski definition) is 3. The van der Waals surface area contributed by atoms with Gasteiger partial charge in [0, 0.05) is 23.8 Å². The van der Waals surface area contributed by atoms with E-state index in [0.717, 1.165) is 13.0 Å². The third kappa shape index (κ3) is 2.45. The Kier molecular flexibility index (Phi) is 3.42. The zero-order chi connectivity index (χ0) is 12.8. The van der Waals surface area contributed by atoms with E-state index in [4.69, 9.17) is 4.74 Å². The predicted molar refractivity (Wildman–Crippen MR) is 68.1 cm³/mol. The summed E-state index contributed by atoms with van der Waals surface area (Å²) in [5.74, 6) is 0.668. The number of rotatable bonds is 2. The fraction of sp³-hybridized carbons (Fsp3) is 0.917. The van der Waals surface area contributed by atoms with Gasteiger partial charge in [-0.3, -0.25) is 0 Å². The fourth-order valence-electron chi connectivity index (χ4n) is 2.87. The molecule has 3 fully saturated rings. The van der Waals surface area contributed by atoms with E-state index in [1.54, 1.807) is 4.90 Å². The number of fused-ring (bicyclic) bond motifs is 1. The van der Waals surface area contributed by atoms with Gasteiger partial charge in [-0.25, -0.2) is 4.79 Å². The Balaban J connectivity index is 1.96. The monoisotopic (exact) mass is 305 g/mol. The molecule has 5 heteroatoms. The lowest BCUT2D eigenvalue weighted by Gasteiger charge is -2.39. The number of amides is 1. The molecule has 0 spiro atoms. The van der Waals surface area contributed by atoms with Crippen molar-refractivity contribution in [1.82, 2.24) is 4.90 Å². The van der Waals surface area contributed by atoms with E-state index < -0.39 is 5.60 Å². The van der Waals surface area contributed by atoms with Crippen molar-refractivity contribution in [2.24, 2.45) is 11.8 Å². The largest absolute Gasteiger partial charge is 0.444 e. The van der Waals surface area contributed by atoms with Crippen LogP contribution in [-0.4, -0.2) is 45.7 Å². The van der Waals surface area contributed by atoms with Crippen LogP contribution < -0.4 is 0 Å². The van der Waals surface area contributed by atoms with Gasteiger partial charge in [-0.1, -0.05) is 15.9 Å². The summed E-state index contributed by atoms with van der Waals surface area (Å²) in [4.78, 5) is 13.7. The molecule has 0 aromatic heterocycles.